The van der Waals surface area contributed by atoms with E-state index in [1.54, 1.807) is 19.1 Å². The first-order chi connectivity index (χ1) is 21.3. The van der Waals surface area contributed by atoms with Crippen LogP contribution in [-0.2, 0) is 24.7 Å². The van der Waals surface area contributed by atoms with Crippen LogP contribution in [0.5, 0.6) is 0 Å². The summed E-state index contributed by atoms with van der Waals surface area (Å²) in [7, 11) is 0. The molecule has 2 N–H and O–H groups in total. The summed E-state index contributed by atoms with van der Waals surface area (Å²) in [5.74, 6) is -1.35. The number of ketones is 2. The van der Waals surface area contributed by atoms with Crippen LogP contribution < -0.4 is 9.80 Å². The van der Waals surface area contributed by atoms with Gasteiger partial charge in [-0.2, -0.15) is 0 Å². The molecule has 2 heterocycles. The smallest absolute Gasteiger partial charge is 0.169 e. The van der Waals surface area contributed by atoms with Gasteiger partial charge in [0.25, 0.3) is 0 Å². The Morgan fingerprint density at radius 2 is 1.25 bits per heavy atom. The summed E-state index contributed by atoms with van der Waals surface area (Å²) in [5, 5.41) is 23.4. The second-order valence-corrected chi connectivity index (χ2v) is 11.8. The predicted octanol–water partition coefficient (Wildman–Crippen LogP) is 4.70. The number of aryl methyl sites for hydroxylation is 1. The van der Waals surface area contributed by atoms with Crippen LogP contribution in [0.15, 0.2) is 72.8 Å². The number of Topliss-reactive ketones (excluding diaryl/α,β-unsaturated/α-hetero) is 2. The Morgan fingerprint density at radius 1 is 0.773 bits per heavy atom. The molecular weight excluding hydrogens is 556 g/mol. The van der Waals surface area contributed by atoms with Gasteiger partial charge in [0, 0.05) is 56.3 Å². The summed E-state index contributed by atoms with van der Waals surface area (Å²) in [6, 6.07) is 22.7. The highest BCUT2D eigenvalue weighted by atomic mass is 16.5. The number of ether oxygens (including phenoxy) is 2. The van der Waals surface area contributed by atoms with Crippen molar-refractivity contribution < 1.29 is 29.3 Å². The Kier molecular flexibility index (Phi) is 10.5. The fourth-order valence-electron chi connectivity index (χ4n) is 6.29. The lowest BCUT2D eigenvalue weighted by atomic mass is 9.71. The molecule has 0 amide bonds. The van der Waals surface area contributed by atoms with Crippen LogP contribution >= 0.6 is 0 Å². The number of aliphatic hydroxyl groups excluding tert-OH is 1. The summed E-state index contributed by atoms with van der Waals surface area (Å²) in [6.07, 6.45) is -0.972. The van der Waals surface area contributed by atoms with Crippen LogP contribution in [0.25, 0.3) is 0 Å². The molecule has 234 valence electrons. The van der Waals surface area contributed by atoms with Crippen LogP contribution in [-0.4, -0.2) is 74.4 Å². The number of rotatable bonds is 12. The van der Waals surface area contributed by atoms with Gasteiger partial charge in [-0.1, -0.05) is 61.0 Å². The molecule has 0 spiro atoms. The molecule has 0 aliphatic carbocycles. The molecule has 0 aromatic heterocycles. The van der Waals surface area contributed by atoms with E-state index in [9.17, 15) is 19.8 Å². The molecule has 2 aliphatic heterocycles. The Morgan fingerprint density at radius 3 is 1.75 bits per heavy atom. The van der Waals surface area contributed by atoms with Gasteiger partial charge in [-0.05, 0) is 54.3 Å². The number of carbonyl (C=O) groups excluding carboxylic acids is 2. The number of hydrogen-bond donors (Lipinski definition) is 2. The van der Waals surface area contributed by atoms with Gasteiger partial charge in [-0.3, -0.25) is 9.59 Å². The fourth-order valence-corrected chi connectivity index (χ4v) is 6.29. The number of carbonyl (C=O) groups is 2. The zero-order valence-corrected chi connectivity index (χ0v) is 25.8. The zero-order chi connectivity index (χ0) is 31.1. The summed E-state index contributed by atoms with van der Waals surface area (Å²) in [4.78, 5) is 31.5. The Hall–Kier alpha value is -3.56. The van der Waals surface area contributed by atoms with Crippen molar-refractivity contribution >= 4 is 22.9 Å². The van der Waals surface area contributed by atoms with Gasteiger partial charge in [0.1, 0.15) is 6.10 Å². The Bertz CT molecular complexity index is 1380. The van der Waals surface area contributed by atoms with Gasteiger partial charge in [-0.15, -0.1) is 0 Å². The molecule has 3 atom stereocenters. The summed E-state index contributed by atoms with van der Waals surface area (Å²) >= 11 is 0. The second kappa shape index (κ2) is 14.5. The maximum absolute atomic E-state index is 13.6. The maximum Gasteiger partial charge on any atom is 0.169 e. The summed E-state index contributed by atoms with van der Waals surface area (Å²) in [6.45, 7) is 9.57. The molecule has 3 aromatic carbocycles. The molecule has 3 unspecified atom stereocenters. The molecule has 8 nitrogen and oxygen atoms in total. The number of hydrogen-bond acceptors (Lipinski definition) is 8. The number of morpholine rings is 2. The SMILES string of the molecule is CCC(=O)C(O)(c1ccc(N2CCOCC2)cc1)C(CCC(=O)C(O)c1ccc(N2CCOCC2)cc1)c1ccc(C)cc1. The molecule has 2 saturated heterocycles. The molecule has 2 fully saturated rings. The van der Waals surface area contributed by atoms with Crippen molar-refractivity contribution in [2.75, 3.05) is 62.4 Å². The molecule has 0 bridgehead atoms. The number of anilines is 2. The maximum atomic E-state index is 13.6. The van der Waals surface area contributed by atoms with Crippen molar-refractivity contribution in [3.8, 4) is 0 Å². The van der Waals surface area contributed by atoms with Crippen molar-refractivity contribution in [1.82, 2.24) is 0 Å². The van der Waals surface area contributed by atoms with E-state index in [1.807, 2.05) is 67.6 Å². The van der Waals surface area contributed by atoms with Crippen molar-refractivity contribution in [2.45, 2.75) is 50.7 Å². The van der Waals surface area contributed by atoms with Crippen molar-refractivity contribution in [3.05, 3.63) is 95.1 Å². The van der Waals surface area contributed by atoms with Crippen LogP contribution in [0.2, 0.25) is 0 Å². The lowest BCUT2D eigenvalue weighted by molar-refractivity contribution is -0.142. The van der Waals surface area contributed by atoms with E-state index < -0.39 is 17.6 Å². The molecule has 0 radical (unpaired) electrons. The minimum Gasteiger partial charge on any atom is -0.381 e. The van der Waals surface area contributed by atoms with Gasteiger partial charge in [0.15, 0.2) is 17.2 Å². The zero-order valence-electron chi connectivity index (χ0n) is 25.8. The molecule has 5 rings (SSSR count). The third-order valence-corrected chi connectivity index (χ3v) is 8.98. The molecule has 2 aliphatic rings. The van der Waals surface area contributed by atoms with E-state index in [4.69, 9.17) is 9.47 Å². The first-order valence-corrected chi connectivity index (χ1v) is 15.7. The van der Waals surface area contributed by atoms with Crippen molar-refractivity contribution in [3.63, 3.8) is 0 Å². The van der Waals surface area contributed by atoms with E-state index in [2.05, 4.69) is 9.80 Å². The lowest BCUT2D eigenvalue weighted by Gasteiger charge is -2.36. The third kappa shape index (κ3) is 7.05. The number of nitrogens with zero attached hydrogens (tertiary/aromatic N) is 2. The normalized spacial score (nSPS) is 18.4. The van der Waals surface area contributed by atoms with Gasteiger partial charge in [-0.25, -0.2) is 0 Å². The second-order valence-electron chi connectivity index (χ2n) is 11.8. The Balaban J connectivity index is 1.38. The van der Waals surface area contributed by atoms with Crippen LogP contribution in [0.4, 0.5) is 11.4 Å². The molecule has 0 saturated carbocycles. The first kappa shape index (κ1) is 31.9. The van der Waals surface area contributed by atoms with E-state index in [-0.39, 0.29) is 30.8 Å². The highest BCUT2D eigenvalue weighted by Crippen LogP contribution is 2.43. The number of aliphatic hydroxyl groups is 2. The minimum absolute atomic E-state index is 0.00388. The minimum atomic E-state index is -1.85. The average Bonchev–Trinajstić information content (AvgIpc) is 3.09. The molecule has 3 aromatic rings. The third-order valence-electron chi connectivity index (χ3n) is 8.98. The van der Waals surface area contributed by atoms with Gasteiger partial charge >= 0.3 is 0 Å². The largest absolute Gasteiger partial charge is 0.381 e. The molecule has 8 heteroatoms. The summed E-state index contributed by atoms with van der Waals surface area (Å²) < 4.78 is 10.9. The monoisotopic (exact) mass is 600 g/mol. The van der Waals surface area contributed by atoms with Crippen molar-refractivity contribution in [2.24, 2.45) is 0 Å². The predicted molar refractivity (Wildman–Crippen MR) is 171 cm³/mol. The fraction of sp³-hybridized carbons (Fsp3) is 0.444. The van der Waals surface area contributed by atoms with Crippen molar-refractivity contribution in [1.29, 1.82) is 0 Å². The van der Waals surface area contributed by atoms with E-state index >= 15 is 0 Å². The Labute approximate surface area is 260 Å². The highest BCUT2D eigenvalue weighted by molar-refractivity contribution is 5.90. The van der Waals surface area contributed by atoms with Crippen LogP contribution in [0.1, 0.15) is 60.5 Å². The molecule has 44 heavy (non-hydrogen) atoms. The standard InChI is InChI=1S/C36H44N2O6/c1-3-34(40)36(42,29-10-14-31(15-11-29)38-20-24-44-25-21-38)32(27-6-4-26(2)5-7-27)16-17-33(39)35(41)28-8-12-30(13-9-28)37-18-22-43-23-19-37/h4-15,32,35,41-42H,3,16-25H2,1-2H3. The van der Waals surface area contributed by atoms with E-state index in [0.29, 0.717) is 37.6 Å². The highest BCUT2D eigenvalue weighted by Gasteiger charge is 2.45. The quantitative estimate of drug-likeness (QED) is 0.309. The van der Waals surface area contributed by atoms with E-state index in [1.165, 1.54) is 0 Å². The summed E-state index contributed by atoms with van der Waals surface area (Å²) in [5.41, 5.74) is 3.04. The van der Waals surface area contributed by atoms with Crippen LogP contribution in [0.3, 0.4) is 0 Å². The van der Waals surface area contributed by atoms with Crippen LogP contribution in [0, 0.1) is 6.92 Å². The van der Waals surface area contributed by atoms with Gasteiger partial charge < -0.3 is 29.5 Å². The lowest BCUT2D eigenvalue weighted by Crippen LogP contribution is -2.42. The van der Waals surface area contributed by atoms with Gasteiger partial charge in [0.2, 0.25) is 0 Å². The number of benzene rings is 3. The van der Waals surface area contributed by atoms with E-state index in [0.717, 1.165) is 48.7 Å². The first-order valence-electron chi connectivity index (χ1n) is 15.7. The van der Waals surface area contributed by atoms with Gasteiger partial charge in [0.05, 0.1) is 26.4 Å². The topological polar surface area (TPSA) is 99.5 Å². The molecular formula is C36H44N2O6. The average molecular weight is 601 g/mol.